The van der Waals surface area contributed by atoms with Gasteiger partial charge in [0.25, 0.3) is 17.3 Å². The fourth-order valence-electron chi connectivity index (χ4n) is 2.36. The normalized spacial score (nSPS) is 10.7. The fourth-order valence-corrected chi connectivity index (χ4v) is 2.36. The van der Waals surface area contributed by atoms with Gasteiger partial charge in [0, 0.05) is 23.8 Å². The van der Waals surface area contributed by atoms with Crippen LogP contribution >= 0.6 is 0 Å². The number of para-hydroxylation sites is 1. The van der Waals surface area contributed by atoms with Crippen molar-refractivity contribution in [3.05, 3.63) is 92.2 Å². The number of furan rings is 1. The lowest BCUT2D eigenvalue weighted by molar-refractivity contribution is -0.384. The molecule has 0 aliphatic carbocycles. The summed E-state index contributed by atoms with van der Waals surface area (Å²) in [5.74, 6) is 0.00391. The molecule has 0 saturated heterocycles. The van der Waals surface area contributed by atoms with Crippen molar-refractivity contribution in [3.63, 3.8) is 0 Å². The van der Waals surface area contributed by atoms with Crippen molar-refractivity contribution in [1.82, 2.24) is 5.43 Å². The zero-order valence-corrected chi connectivity index (χ0v) is 14.1. The predicted octanol–water partition coefficient (Wildman–Crippen LogP) is 3.53. The van der Waals surface area contributed by atoms with Gasteiger partial charge in [-0.3, -0.25) is 25.0 Å². The third kappa shape index (κ3) is 4.07. The molecule has 0 fully saturated rings. The highest BCUT2D eigenvalue weighted by Gasteiger charge is 2.16. The molecule has 0 unspecified atom stereocenters. The molecule has 1 heterocycles. The molecule has 0 aliphatic rings. The summed E-state index contributed by atoms with van der Waals surface area (Å²) in [6, 6.07) is 14.3. The van der Waals surface area contributed by atoms with E-state index in [0.29, 0.717) is 5.56 Å². The Hall–Kier alpha value is -4.34. The maximum absolute atomic E-state index is 12.0. The molecule has 0 radical (unpaired) electrons. The molecule has 0 aliphatic heterocycles. The smallest absolute Gasteiger partial charge is 0.280 e. The molecule has 0 atom stereocenters. The van der Waals surface area contributed by atoms with Crippen LogP contribution in [0, 0.1) is 20.2 Å². The molecule has 2 aromatic carbocycles. The molecule has 3 aromatic rings. The molecule has 10 heteroatoms. The van der Waals surface area contributed by atoms with Gasteiger partial charge in [-0.25, -0.2) is 5.43 Å². The number of nitrogens with one attached hydrogen (secondary N) is 1. The zero-order valence-electron chi connectivity index (χ0n) is 14.1. The van der Waals surface area contributed by atoms with Gasteiger partial charge < -0.3 is 4.42 Å². The molecule has 3 rings (SSSR count). The van der Waals surface area contributed by atoms with Crippen molar-refractivity contribution in [2.24, 2.45) is 5.10 Å². The number of hydrazone groups is 1. The van der Waals surface area contributed by atoms with Gasteiger partial charge in [-0.2, -0.15) is 5.10 Å². The molecule has 0 bridgehead atoms. The summed E-state index contributed by atoms with van der Waals surface area (Å²) in [5, 5.41) is 25.5. The van der Waals surface area contributed by atoms with Crippen LogP contribution in [0.5, 0.6) is 0 Å². The van der Waals surface area contributed by atoms with Gasteiger partial charge >= 0.3 is 0 Å². The van der Waals surface area contributed by atoms with E-state index in [0.717, 1.165) is 0 Å². The van der Waals surface area contributed by atoms with Crippen LogP contribution in [0.15, 0.2) is 70.2 Å². The van der Waals surface area contributed by atoms with E-state index >= 15 is 0 Å². The van der Waals surface area contributed by atoms with E-state index in [4.69, 9.17) is 4.42 Å². The Morgan fingerprint density at radius 3 is 2.36 bits per heavy atom. The average Bonchev–Trinajstić information content (AvgIpc) is 3.16. The van der Waals surface area contributed by atoms with E-state index in [2.05, 4.69) is 10.5 Å². The van der Waals surface area contributed by atoms with Gasteiger partial charge in [-0.05, 0) is 30.3 Å². The van der Waals surface area contributed by atoms with Gasteiger partial charge in [0.15, 0.2) is 0 Å². The summed E-state index contributed by atoms with van der Waals surface area (Å²) in [4.78, 5) is 32.6. The van der Waals surface area contributed by atoms with Crippen LogP contribution in [-0.4, -0.2) is 22.0 Å². The lowest BCUT2D eigenvalue weighted by Gasteiger charge is -1.99. The molecule has 0 saturated carbocycles. The molecule has 10 nitrogen and oxygen atoms in total. The number of nitrogens with zero attached hydrogens (tertiary/aromatic N) is 3. The number of nitro groups is 2. The van der Waals surface area contributed by atoms with Crippen LogP contribution in [0.25, 0.3) is 11.3 Å². The van der Waals surface area contributed by atoms with Gasteiger partial charge in [0.2, 0.25) is 0 Å². The highest BCUT2D eigenvalue weighted by molar-refractivity contribution is 5.95. The van der Waals surface area contributed by atoms with Gasteiger partial charge in [-0.1, -0.05) is 12.1 Å². The second kappa shape index (κ2) is 7.91. The summed E-state index contributed by atoms with van der Waals surface area (Å²) < 4.78 is 5.51. The second-order valence-corrected chi connectivity index (χ2v) is 5.48. The van der Waals surface area contributed by atoms with Crippen LogP contribution in [0.2, 0.25) is 0 Å². The minimum absolute atomic E-state index is 0.0909. The van der Waals surface area contributed by atoms with E-state index in [-0.39, 0.29) is 28.5 Å². The predicted molar refractivity (Wildman–Crippen MR) is 99.0 cm³/mol. The largest absolute Gasteiger partial charge is 0.455 e. The molecular weight excluding hydrogens is 368 g/mol. The van der Waals surface area contributed by atoms with Crippen LogP contribution in [0.1, 0.15) is 16.1 Å². The van der Waals surface area contributed by atoms with E-state index in [1.54, 1.807) is 30.3 Å². The summed E-state index contributed by atoms with van der Waals surface area (Å²) >= 11 is 0. The molecule has 140 valence electrons. The number of hydrogen-bond donors (Lipinski definition) is 1. The molecule has 1 N–H and O–H groups in total. The van der Waals surface area contributed by atoms with Crippen LogP contribution in [0.4, 0.5) is 11.4 Å². The van der Waals surface area contributed by atoms with Gasteiger partial charge in [-0.15, -0.1) is 0 Å². The Morgan fingerprint density at radius 2 is 1.68 bits per heavy atom. The van der Waals surface area contributed by atoms with Crippen molar-refractivity contribution < 1.29 is 19.1 Å². The number of nitro benzene ring substituents is 2. The first-order valence-electron chi connectivity index (χ1n) is 7.87. The van der Waals surface area contributed by atoms with Crippen molar-refractivity contribution in [1.29, 1.82) is 0 Å². The SMILES string of the molecule is O=C(NN=Cc1ccc(-c2ccccc2[N+](=O)[O-])o1)c1ccc([N+](=O)[O-])cc1. The number of benzene rings is 2. The molecule has 0 spiro atoms. The minimum Gasteiger partial charge on any atom is -0.455 e. The highest BCUT2D eigenvalue weighted by Crippen LogP contribution is 2.30. The number of rotatable bonds is 6. The number of carbonyl (C=O) groups is 1. The summed E-state index contributed by atoms with van der Waals surface area (Å²) in [7, 11) is 0. The number of amides is 1. The van der Waals surface area contributed by atoms with Gasteiger partial charge in [0.05, 0.1) is 21.6 Å². The molecule has 1 amide bonds. The van der Waals surface area contributed by atoms with E-state index in [1.165, 1.54) is 36.5 Å². The topological polar surface area (TPSA) is 141 Å². The number of hydrogen-bond acceptors (Lipinski definition) is 7. The summed E-state index contributed by atoms with van der Waals surface area (Å²) in [6.07, 6.45) is 1.24. The van der Waals surface area contributed by atoms with Crippen molar-refractivity contribution in [3.8, 4) is 11.3 Å². The summed E-state index contributed by atoms with van der Waals surface area (Å²) in [6.45, 7) is 0. The van der Waals surface area contributed by atoms with E-state index < -0.39 is 15.8 Å². The Bertz CT molecular complexity index is 1070. The van der Waals surface area contributed by atoms with Crippen LogP contribution in [0.3, 0.4) is 0 Å². The monoisotopic (exact) mass is 380 g/mol. The first-order chi connectivity index (χ1) is 13.5. The Labute approximate surface area is 157 Å². The standard InChI is InChI=1S/C18H12N4O6/c23-18(12-5-7-13(8-6-12)21(24)25)20-19-11-14-9-10-17(28-14)15-3-1-2-4-16(15)22(26)27/h1-11H,(H,20,23). The lowest BCUT2D eigenvalue weighted by Crippen LogP contribution is -2.17. The minimum atomic E-state index is -0.564. The third-order valence-electron chi connectivity index (χ3n) is 3.69. The van der Waals surface area contributed by atoms with Crippen molar-refractivity contribution >= 4 is 23.5 Å². The van der Waals surface area contributed by atoms with Crippen LogP contribution in [-0.2, 0) is 0 Å². The maximum atomic E-state index is 12.0. The Kier molecular flexibility index (Phi) is 5.21. The number of non-ortho nitro benzene ring substituents is 1. The van der Waals surface area contributed by atoms with Crippen molar-refractivity contribution in [2.75, 3.05) is 0 Å². The van der Waals surface area contributed by atoms with E-state index in [9.17, 15) is 25.0 Å². The second-order valence-electron chi connectivity index (χ2n) is 5.48. The molecule has 1 aromatic heterocycles. The lowest BCUT2D eigenvalue weighted by atomic mass is 10.1. The number of carbonyl (C=O) groups excluding carboxylic acids is 1. The molecule has 28 heavy (non-hydrogen) atoms. The van der Waals surface area contributed by atoms with Crippen molar-refractivity contribution in [2.45, 2.75) is 0 Å². The maximum Gasteiger partial charge on any atom is 0.280 e. The first-order valence-corrected chi connectivity index (χ1v) is 7.87. The summed E-state index contributed by atoms with van der Waals surface area (Å²) in [5.41, 5.74) is 2.57. The Balaban J connectivity index is 1.68. The highest BCUT2D eigenvalue weighted by atomic mass is 16.6. The first kappa shape index (κ1) is 18.5. The van der Waals surface area contributed by atoms with Gasteiger partial charge in [0.1, 0.15) is 11.5 Å². The zero-order chi connectivity index (χ0) is 20.1. The van der Waals surface area contributed by atoms with Crippen LogP contribution < -0.4 is 5.43 Å². The third-order valence-corrected chi connectivity index (χ3v) is 3.69. The molecular formula is C18H12N4O6. The quantitative estimate of drug-likeness (QED) is 0.394. The fraction of sp³-hybridized carbons (Fsp3) is 0. The Morgan fingerprint density at radius 1 is 0.964 bits per heavy atom. The van der Waals surface area contributed by atoms with E-state index in [1.807, 2.05) is 0 Å². The average molecular weight is 380 g/mol.